The largest absolute Gasteiger partial charge is 0.424 e. The van der Waals surface area contributed by atoms with Gasteiger partial charge in [0.1, 0.15) is 11.6 Å². The quantitative estimate of drug-likeness (QED) is 0.555. The molecule has 172 valence electrons. The maximum atomic E-state index is 13.7. The average Bonchev–Trinajstić information content (AvgIpc) is 3.31. The van der Waals surface area contributed by atoms with Crippen LogP contribution in [0.25, 0.3) is 0 Å². The molecule has 0 radical (unpaired) electrons. The summed E-state index contributed by atoms with van der Waals surface area (Å²) in [6, 6.07) is 8.06. The monoisotopic (exact) mass is 450 g/mol. The summed E-state index contributed by atoms with van der Waals surface area (Å²) in [6.07, 6.45) is -3.10. The van der Waals surface area contributed by atoms with Gasteiger partial charge in [0.05, 0.1) is 5.56 Å². The van der Waals surface area contributed by atoms with Crippen LogP contribution in [-0.4, -0.2) is 54.7 Å². The number of esters is 1. The average molecular weight is 450 g/mol. The Labute approximate surface area is 184 Å². The van der Waals surface area contributed by atoms with Crippen LogP contribution in [0, 0.1) is 6.92 Å². The van der Waals surface area contributed by atoms with Gasteiger partial charge in [0, 0.05) is 51.9 Å². The van der Waals surface area contributed by atoms with Crippen molar-refractivity contribution >= 4 is 11.8 Å². The van der Waals surface area contributed by atoms with Crippen molar-refractivity contribution in [2.45, 2.75) is 32.2 Å². The molecular formula is C22H25F3N4O3. The van der Waals surface area contributed by atoms with E-state index in [4.69, 9.17) is 9.57 Å². The Morgan fingerprint density at radius 3 is 2.66 bits per heavy atom. The maximum Gasteiger partial charge on any atom is 0.416 e. The number of halogens is 3. The predicted octanol–water partition coefficient (Wildman–Crippen LogP) is 2.93. The minimum absolute atomic E-state index is 0.0858. The fourth-order valence-corrected chi connectivity index (χ4v) is 3.90. The number of alkyl halides is 3. The molecular weight excluding hydrogens is 425 g/mol. The van der Waals surface area contributed by atoms with Gasteiger partial charge < -0.3 is 9.64 Å². The lowest BCUT2D eigenvalue weighted by atomic mass is 10.0. The summed E-state index contributed by atoms with van der Waals surface area (Å²) in [7, 11) is 0. The number of rotatable bonds is 5. The van der Waals surface area contributed by atoms with Crippen LogP contribution in [0.5, 0.6) is 5.75 Å². The highest BCUT2D eigenvalue weighted by atomic mass is 19.4. The SMILES string of the molecule is Cc1cc(C(F)(F)F)c(CN2CCN(c3ccccn3)CC2)cc1OC(=O)C1CCNO1. The zero-order chi connectivity index (χ0) is 22.7. The number of anilines is 1. The van der Waals surface area contributed by atoms with Crippen molar-refractivity contribution in [3.8, 4) is 5.75 Å². The maximum absolute atomic E-state index is 13.7. The van der Waals surface area contributed by atoms with Crippen molar-refractivity contribution in [3.05, 3.63) is 53.2 Å². The minimum Gasteiger partial charge on any atom is -0.424 e. The normalized spacial score (nSPS) is 19.9. The Kier molecular flexibility index (Phi) is 6.63. The van der Waals surface area contributed by atoms with E-state index in [-0.39, 0.29) is 23.4 Å². The third-order valence-corrected chi connectivity index (χ3v) is 5.65. The lowest BCUT2D eigenvalue weighted by Gasteiger charge is -2.35. The van der Waals surface area contributed by atoms with Crippen LogP contribution >= 0.6 is 0 Å². The van der Waals surface area contributed by atoms with Gasteiger partial charge in [0.25, 0.3) is 0 Å². The van der Waals surface area contributed by atoms with Gasteiger partial charge in [0.15, 0.2) is 6.10 Å². The number of piperazine rings is 1. The molecule has 2 aliphatic rings. The summed E-state index contributed by atoms with van der Waals surface area (Å²) < 4.78 is 46.6. The molecule has 2 saturated heterocycles. The van der Waals surface area contributed by atoms with Gasteiger partial charge in [-0.3, -0.25) is 9.74 Å². The number of hydroxylamine groups is 1. The summed E-state index contributed by atoms with van der Waals surface area (Å²) in [4.78, 5) is 25.8. The van der Waals surface area contributed by atoms with Gasteiger partial charge in [-0.25, -0.2) is 15.3 Å². The smallest absolute Gasteiger partial charge is 0.416 e. The number of pyridine rings is 1. The molecule has 2 fully saturated rings. The van der Waals surface area contributed by atoms with Crippen LogP contribution in [0.15, 0.2) is 36.5 Å². The summed E-state index contributed by atoms with van der Waals surface area (Å²) in [5.74, 6) is 0.365. The number of hydrogen-bond donors (Lipinski definition) is 1. The Morgan fingerprint density at radius 2 is 2.03 bits per heavy atom. The van der Waals surface area contributed by atoms with Crippen LogP contribution < -0.4 is 15.1 Å². The van der Waals surface area contributed by atoms with E-state index < -0.39 is 23.8 Å². The fourth-order valence-electron chi connectivity index (χ4n) is 3.90. The second-order valence-electron chi connectivity index (χ2n) is 7.93. The third-order valence-electron chi connectivity index (χ3n) is 5.65. The number of carbonyl (C=O) groups is 1. The van der Waals surface area contributed by atoms with Crippen molar-refractivity contribution in [1.82, 2.24) is 15.4 Å². The van der Waals surface area contributed by atoms with E-state index in [1.54, 1.807) is 6.20 Å². The first-order valence-electron chi connectivity index (χ1n) is 10.5. The third kappa shape index (κ3) is 5.20. The number of benzene rings is 1. The van der Waals surface area contributed by atoms with Gasteiger partial charge in [-0.05, 0) is 42.3 Å². The molecule has 32 heavy (non-hydrogen) atoms. The molecule has 7 nitrogen and oxygen atoms in total. The van der Waals surface area contributed by atoms with Crippen molar-refractivity contribution in [2.24, 2.45) is 0 Å². The number of ether oxygens (including phenoxy) is 1. The molecule has 0 bridgehead atoms. The number of aromatic nitrogens is 1. The zero-order valence-electron chi connectivity index (χ0n) is 17.7. The Bertz CT molecular complexity index is 941. The van der Waals surface area contributed by atoms with Crippen molar-refractivity contribution < 1.29 is 27.5 Å². The van der Waals surface area contributed by atoms with Gasteiger partial charge in [0.2, 0.25) is 0 Å². The second-order valence-corrected chi connectivity index (χ2v) is 7.93. The van der Waals surface area contributed by atoms with Gasteiger partial charge in [-0.2, -0.15) is 13.2 Å². The first-order chi connectivity index (χ1) is 15.3. The molecule has 0 aliphatic carbocycles. The molecule has 1 atom stereocenters. The highest BCUT2D eigenvalue weighted by Gasteiger charge is 2.35. The number of nitrogens with one attached hydrogen (secondary N) is 1. The molecule has 0 amide bonds. The Hall–Kier alpha value is -2.69. The second kappa shape index (κ2) is 9.43. The minimum atomic E-state index is -4.50. The summed E-state index contributed by atoms with van der Waals surface area (Å²) in [5.41, 5.74) is 2.23. The molecule has 1 N–H and O–H groups in total. The van der Waals surface area contributed by atoms with E-state index in [2.05, 4.69) is 15.4 Å². The number of nitrogens with zero attached hydrogens (tertiary/aromatic N) is 3. The van der Waals surface area contributed by atoms with Crippen LogP contribution in [0.4, 0.5) is 19.0 Å². The topological polar surface area (TPSA) is 66.9 Å². The molecule has 1 aromatic carbocycles. The van der Waals surface area contributed by atoms with Gasteiger partial charge >= 0.3 is 12.1 Å². The fraction of sp³-hybridized carbons (Fsp3) is 0.455. The Balaban J connectivity index is 1.49. The lowest BCUT2D eigenvalue weighted by Crippen LogP contribution is -2.46. The van der Waals surface area contributed by atoms with E-state index in [9.17, 15) is 18.0 Å². The zero-order valence-corrected chi connectivity index (χ0v) is 17.7. The molecule has 0 spiro atoms. The molecule has 1 unspecified atom stereocenters. The molecule has 4 rings (SSSR count). The van der Waals surface area contributed by atoms with E-state index in [1.807, 2.05) is 23.1 Å². The standard InChI is InChI=1S/C22H25F3N4O3/c1-15-12-17(22(23,24)25)16(13-19(15)31-21(30)18-5-7-27-32-18)14-28-8-10-29(11-9-28)20-4-2-3-6-26-20/h2-4,6,12-13,18,27H,5,7-11,14H2,1H3. The first kappa shape index (κ1) is 22.5. The van der Waals surface area contributed by atoms with Crippen molar-refractivity contribution in [2.75, 3.05) is 37.6 Å². The number of hydrogen-bond acceptors (Lipinski definition) is 7. The predicted molar refractivity (Wildman–Crippen MR) is 111 cm³/mol. The number of carbonyl (C=O) groups excluding carboxylic acids is 1. The molecule has 2 aromatic rings. The summed E-state index contributed by atoms with van der Waals surface area (Å²) in [5, 5.41) is 0. The van der Waals surface area contributed by atoms with Crippen molar-refractivity contribution in [1.29, 1.82) is 0 Å². The van der Waals surface area contributed by atoms with E-state index in [1.165, 1.54) is 13.0 Å². The van der Waals surface area contributed by atoms with Crippen LogP contribution in [0.1, 0.15) is 23.1 Å². The van der Waals surface area contributed by atoms with Gasteiger partial charge in [-0.1, -0.05) is 6.07 Å². The summed E-state index contributed by atoms with van der Waals surface area (Å²) in [6.45, 7) is 4.65. The van der Waals surface area contributed by atoms with Crippen molar-refractivity contribution in [3.63, 3.8) is 0 Å². The van der Waals surface area contributed by atoms with Crippen LogP contribution in [-0.2, 0) is 22.4 Å². The van der Waals surface area contributed by atoms with E-state index >= 15 is 0 Å². The summed E-state index contributed by atoms with van der Waals surface area (Å²) >= 11 is 0. The van der Waals surface area contributed by atoms with E-state index in [0.717, 1.165) is 11.9 Å². The van der Waals surface area contributed by atoms with E-state index in [0.29, 0.717) is 39.1 Å². The van der Waals surface area contributed by atoms with Gasteiger partial charge in [-0.15, -0.1) is 0 Å². The number of aryl methyl sites for hydroxylation is 1. The molecule has 0 saturated carbocycles. The molecule has 10 heteroatoms. The van der Waals surface area contributed by atoms with Crippen LogP contribution in [0.3, 0.4) is 0 Å². The first-order valence-corrected chi connectivity index (χ1v) is 10.5. The lowest BCUT2D eigenvalue weighted by molar-refractivity contribution is -0.147. The highest BCUT2D eigenvalue weighted by molar-refractivity contribution is 5.78. The highest BCUT2D eigenvalue weighted by Crippen LogP contribution is 2.36. The van der Waals surface area contributed by atoms with Crippen LogP contribution in [0.2, 0.25) is 0 Å². The molecule has 1 aromatic heterocycles. The Morgan fingerprint density at radius 1 is 1.25 bits per heavy atom. The molecule has 3 heterocycles. The molecule has 2 aliphatic heterocycles.